The average molecular weight is 418 g/mol. The molecule has 1 aromatic carbocycles. The summed E-state index contributed by atoms with van der Waals surface area (Å²) in [7, 11) is 2.98. The van der Waals surface area contributed by atoms with E-state index in [0.717, 1.165) is 25.8 Å². The van der Waals surface area contributed by atoms with Gasteiger partial charge in [-0.1, -0.05) is 12.8 Å². The summed E-state index contributed by atoms with van der Waals surface area (Å²) in [5.41, 5.74) is 0.298. The van der Waals surface area contributed by atoms with Crippen LogP contribution in [0, 0.1) is 5.92 Å². The molecule has 30 heavy (non-hydrogen) atoms. The van der Waals surface area contributed by atoms with Crippen LogP contribution in [-0.4, -0.2) is 62.6 Å². The maximum Gasteiger partial charge on any atom is 0.325 e. The number of methoxy groups -OCH3 is 2. The first-order valence-electron chi connectivity index (χ1n) is 10.5. The number of ether oxygens (including phenoxy) is 3. The van der Waals surface area contributed by atoms with Crippen LogP contribution in [0.15, 0.2) is 18.2 Å². The number of piperidine rings is 1. The Morgan fingerprint density at radius 3 is 2.37 bits per heavy atom. The Bertz CT molecular complexity index is 757. The number of carbonyl (C=O) groups excluding carboxylic acids is 3. The van der Waals surface area contributed by atoms with Crippen LogP contribution in [-0.2, 0) is 14.3 Å². The minimum atomic E-state index is -0.649. The van der Waals surface area contributed by atoms with E-state index in [1.807, 2.05) is 4.90 Å². The van der Waals surface area contributed by atoms with E-state index < -0.39 is 11.9 Å². The molecule has 1 aliphatic carbocycles. The van der Waals surface area contributed by atoms with E-state index >= 15 is 0 Å². The number of nitrogens with zero attached hydrogens (tertiary/aromatic N) is 1. The lowest BCUT2D eigenvalue weighted by Crippen LogP contribution is -2.51. The summed E-state index contributed by atoms with van der Waals surface area (Å²) < 4.78 is 15.4. The highest BCUT2D eigenvalue weighted by atomic mass is 16.5. The molecule has 1 saturated carbocycles. The average Bonchev–Trinajstić information content (AvgIpc) is 2.80. The smallest absolute Gasteiger partial charge is 0.325 e. The van der Waals surface area contributed by atoms with Gasteiger partial charge in [0.25, 0.3) is 11.8 Å². The summed E-state index contributed by atoms with van der Waals surface area (Å²) in [6.45, 7) is 0.120. The Morgan fingerprint density at radius 1 is 1.00 bits per heavy atom. The van der Waals surface area contributed by atoms with Gasteiger partial charge in [0.1, 0.15) is 18.0 Å². The highest BCUT2D eigenvalue weighted by molar-refractivity contribution is 5.96. The van der Waals surface area contributed by atoms with Gasteiger partial charge < -0.3 is 24.4 Å². The van der Waals surface area contributed by atoms with Crippen LogP contribution in [0.5, 0.6) is 11.5 Å². The quantitative estimate of drug-likeness (QED) is 0.682. The third kappa shape index (κ3) is 5.43. The molecule has 0 radical (unpaired) electrons. The highest BCUT2D eigenvalue weighted by Gasteiger charge is 2.35. The molecule has 164 valence electrons. The van der Waals surface area contributed by atoms with E-state index in [9.17, 15) is 14.4 Å². The van der Waals surface area contributed by atoms with Crippen LogP contribution in [0.4, 0.5) is 0 Å². The van der Waals surface area contributed by atoms with Crippen molar-refractivity contribution in [2.24, 2.45) is 5.92 Å². The molecule has 2 aliphatic rings. The lowest BCUT2D eigenvalue weighted by atomic mass is 9.78. The minimum Gasteiger partial charge on any atom is -0.497 e. The Hall–Kier alpha value is -2.77. The second-order valence-corrected chi connectivity index (χ2v) is 7.79. The number of rotatable bonds is 7. The predicted octanol–water partition coefficient (Wildman–Crippen LogP) is 2.16. The fourth-order valence-electron chi connectivity index (χ4n) is 4.40. The topological polar surface area (TPSA) is 94.2 Å². The van der Waals surface area contributed by atoms with Crippen LogP contribution < -0.4 is 14.8 Å². The zero-order valence-electron chi connectivity index (χ0n) is 17.6. The van der Waals surface area contributed by atoms with Gasteiger partial charge >= 0.3 is 5.97 Å². The summed E-state index contributed by atoms with van der Waals surface area (Å²) in [5, 5.41) is 2.50. The summed E-state index contributed by atoms with van der Waals surface area (Å²) in [4.78, 5) is 38.8. The van der Waals surface area contributed by atoms with Gasteiger partial charge in [-0.2, -0.15) is 0 Å². The van der Waals surface area contributed by atoms with Crippen molar-refractivity contribution in [1.29, 1.82) is 0 Å². The van der Waals surface area contributed by atoms with Crippen LogP contribution >= 0.6 is 0 Å². The lowest BCUT2D eigenvalue weighted by Gasteiger charge is -2.44. The number of hydrogen-bond donors (Lipinski definition) is 1. The standard InChI is InChI=1S/C22H30N2O6/c1-28-17-10-16(11-18(12-17)29-2)22(27)23-13-21(26)30-14-20(25)24-9-5-7-15-6-3-4-8-19(15)24/h10-12,15,19H,3-9,13-14H2,1-2H3,(H,23,27)/t15-,19-/m1/s1. The number of amides is 2. The molecule has 0 bridgehead atoms. The molecule has 1 N–H and O–H groups in total. The van der Waals surface area contributed by atoms with Gasteiger partial charge in [-0.15, -0.1) is 0 Å². The number of benzene rings is 1. The predicted molar refractivity (Wildman–Crippen MR) is 110 cm³/mol. The molecule has 1 saturated heterocycles. The number of nitrogens with one attached hydrogen (secondary N) is 1. The SMILES string of the molecule is COc1cc(OC)cc(C(=O)NCC(=O)OCC(=O)N2CCC[C@H]3CCCC[C@H]32)c1. The molecule has 0 spiro atoms. The minimum absolute atomic E-state index is 0.149. The zero-order valence-corrected chi connectivity index (χ0v) is 17.6. The summed E-state index contributed by atoms with van der Waals surface area (Å²) in [6, 6.07) is 5.02. The van der Waals surface area contributed by atoms with Crippen LogP contribution in [0.3, 0.4) is 0 Å². The highest BCUT2D eigenvalue weighted by Crippen LogP contribution is 2.35. The third-order valence-electron chi connectivity index (χ3n) is 5.93. The van der Waals surface area contributed by atoms with Gasteiger partial charge in [-0.05, 0) is 43.7 Å². The summed E-state index contributed by atoms with van der Waals surface area (Å²) in [5.74, 6) is 0.251. The Kier molecular flexibility index (Phi) is 7.54. The number of likely N-dealkylation sites (tertiary alicyclic amines) is 1. The molecule has 2 fully saturated rings. The zero-order chi connectivity index (χ0) is 21.5. The maximum atomic E-state index is 12.6. The Morgan fingerprint density at radius 2 is 1.67 bits per heavy atom. The first kappa shape index (κ1) is 21.9. The van der Waals surface area contributed by atoms with Gasteiger partial charge in [0.05, 0.1) is 14.2 Å². The third-order valence-corrected chi connectivity index (χ3v) is 5.93. The first-order chi connectivity index (χ1) is 14.5. The van der Waals surface area contributed by atoms with Crippen LogP contribution in [0.2, 0.25) is 0 Å². The van der Waals surface area contributed by atoms with E-state index in [-0.39, 0.29) is 25.1 Å². The molecule has 8 nitrogen and oxygen atoms in total. The van der Waals surface area contributed by atoms with Gasteiger partial charge in [-0.3, -0.25) is 14.4 Å². The molecule has 0 unspecified atom stereocenters. The number of fused-ring (bicyclic) bond motifs is 1. The molecule has 8 heteroatoms. The van der Waals surface area contributed by atoms with Crippen LogP contribution in [0.1, 0.15) is 48.9 Å². The van der Waals surface area contributed by atoms with Gasteiger partial charge in [0.2, 0.25) is 0 Å². The van der Waals surface area contributed by atoms with Crippen molar-refractivity contribution in [2.75, 3.05) is 33.9 Å². The molecular formula is C22H30N2O6. The molecule has 3 rings (SSSR count). The monoisotopic (exact) mass is 418 g/mol. The summed E-state index contributed by atoms with van der Waals surface area (Å²) >= 11 is 0. The molecule has 1 aromatic rings. The van der Waals surface area contributed by atoms with Crippen molar-refractivity contribution in [3.8, 4) is 11.5 Å². The van der Waals surface area contributed by atoms with Crippen molar-refractivity contribution >= 4 is 17.8 Å². The van der Waals surface area contributed by atoms with E-state index in [2.05, 4.69) is 5.32 Å². The van der Waals surface area contributed by atoms with E-state index in [0.29, 0.717) is 23.0 Å². The van der Waals surface area contributed by atoms with E-state index in [1.54, 1.807) is 18.2 Å². The van der Waals surface area contributed by atoms with Crippen molar-refractivity contribution in [3.63, 3.8) is 0 Å². The van der Waals surface area contributed by atoms with E-state index in [1.165, 1.54) is 33.5 Å². The summed E-state index contributed by atoms with van der Waals surface area (Å²) in [6.07, 6.45) is 6.76. The van der Waals surface area contributed by atoms with Gasteiger partial charge in [0, 0.05) is 24.2 Å². The fraction of sp³-hybridized carbons (Fsp3) is 0.591. The fourth-order valence-corrected chi connectivity index (χ4v) is 4.40. The molecule has 1 heterocycles. The molecule has 0 aromatic heterocycles. The second kappa shape index (κ2) is 10.3. The number of esters is 1. The van der Waals surface area contributed by atoms with Crippen molar-refractivity contribution in [2.45, 2.75) is 44.6 Å². The normalized spacial score (nSPS) is 20.7. The molecule has 2 atom stereocenters. The number of hydrogen-bond acceptors (Lipinski definition) is 6. The molecular weight excluding hydrogens is 388 g/mol. The van der Waals surface area contributed by atoms with Gasteiger partial charge in [-0.25, -0.2) is 0 Å². The Balaban J connectivity index is 1.46. The second-order valence-electron chi connectivity index (χ2n) is 7.79. The van der Waals surface area contributed by atoms with Crippen molar-refractivity contribution in [3.05, 3.63) is 23.8 Å². The maximum absolute atomic E-state index is 12.6. The van der Waals surface area contributed by atoms with Gasteiger partial charge in [0.15, 0.2) is 6.61 Å². The Labute approximate surface area is 176 Å². The largest absolute Gasteiger partial charge is 0.497 e. The lowest BCUT2D eigenvalue weighted by molar-refractivity contribution is -0.154. The van der Waals surface area contributed by atoms with Crippen molar-refractivity contribution < 1.29 is 28.6 Å². The van der Waals surface area contributed by atoms with Crippen molar-refractivity contribution in [1.82, 2.24) is 10.2 Å². The van der Waals surface area contributed by atoms with Crippen LogP contribution in [0.25, 0.3) is 0 Å². The first-order valence-corrected chi connectivity index (χ1v) is 10.5. The molecule has 1 aliphatic heterocycles. The molecule has 2 amide bonds. The number of carbonyl (C=O) groups is 3. The van der Waals surface area contributed by atoms with E-state index in [4.69, 9.17) is 14.2 Å².